The van der Waals surface area contributed by atoms with Crippen molar-refractivity contribution in [3.8, 4) is 0 Å². The number of ether oxygens (including phenoxy) is 1. The Kier molecular flexibility index (Phi) is 7.57. The number of hydrogen-bond acceptors (Lipinski definition) is 6. The van der Waals surface area contributed by atoms with Crippen LogP contribution in [0.5, 0.6) is 0 Å². The fourth-order valence-corrected chi connectivity index (χ4v) is 4.58. The molecule has 0 spiro atoms. The Morgan fingerprint density at radius 2 is 1.67 bits per heavy atom. The van der Waals surface area contributed by atoms with E-state index in [2.05, 4.69) is 10.6 Å². The molecule has 9 heteroatoms. The summed E-state index contributed by atoms with van der Waals surface area (Å²) < 4.78 is 5.51. The molecule has 170 valence electrons. The molecule has 1 unspecified atom stereocenters. The van der Waals surface area contributed by atoms with Crippen LogP contribution in [-0.4, -0.2) is 103 Å². The van der Waals surface area contributed by atoms with Gasteiger partial charge in [0.05, 0.1) is 13.1 Å². The monoisotopic (exact) mass is 423 g/mol. The summed E-state index contributed by atoms with van der Waals surface area (Å²) in [5.74, 6) is 0.586. The van der Waals surface area contributed by atoms with Crippen molar-refractivity contribution in [2.75, 3.05) is 58.9 Å². The van der Waals surface area contributed by atoms with E-state index in [0.29, 0.717) is 45.2 Å². The summed E-state index contributed by atoms with van der Waals surface area (Å²) in [6.07, 6.45) is 2.21. The van der Waals surface area contributed by atoms with Crippen molar-refractivity contribution in [1.29, 1.82) is 0 Å². The van der Waals surface area contributed by atoms with Crippen LogP contribution in [0.2, 0.25) is 0 Å². The molecule has 0 aliphatic carbocycles. The van der Waals surface area contributed by atoms with Gasteiger partial charge in [0.25, 0.3) is 0 Å². The highest BCUT2D eigenvalue weighted by molar-refractivity contribution is 5.80. The number of rotatable bonds is 5. The van der Waals surface area contributed by atoms with E-state index >= 15 is 0 Å². The standard InChI is InChI=1S/C21H37N5O4/c1-21(2,3)30-20(29)25-9-4-16(5-10-25)17(26-13-8-23-15-19(26)28)6-11-24-12-7-22-14-18(24)27/h16-17,22-23H,4-15H2,1-3H3. The van der Waals surface area contributed by atoms with Gasteiger partial charge in [-0.25, -0.2) is 4.79 Å². The Morgan fingerprint density at radius 1 is 1.03 bits per heavy atom. The number of carbonyl (C=O) groups excluding carboxylic acids is 3. The van der Waals surface area contributed by atoms with Gasteiger partial charge in [0.1, 0.15) is 5.60 Å². The molecule has 2 N–H and O–H groups in total. The van der Waals surface area contributed by atoms with Crippen LogP contribution in [0.1, 0.15) is 40.0 Å². The Morgan fingerprint density at radius 3 is 2.27 bits per heavy atom. The zero-order valence-electron chi connectivity index (χ0n) is 18.6. The number of piperazine rings is 2. The summed E-state index contributed by atoms with van der Waals surface area (Å²) in [5, 5.41) is 6.25. The van der Waals surface area contributed by atoms with Gasteiger partial charge in [-0.1, -0.05) is 0 Å². The number of piperidine rings is 1. The van der Waals surface area contributed by atoms with E-state index in [4.69, 9.17) is 4.74 Å². The van der Waals surface area contributed by atoms with Crippen molar-refractivity contribution in [3.63, 3.8) is 0 Å². The minimum atomic E-state index is -0.500. The van der Waals surface area contributed by atoms with E-state index in [1.54, 1.807) is 4.90 Å². The molecule has 3 fully saturated rings. The molecular formula is C21H37N5O4. The summed E-state index contributed by atoms with van der Waals surface area (Å²) in [6, 6.07) is 0.100. The minimum Gasteiger partial charge on any atom is -0.444 e. The van der Waals surface area contributed by atoms with Gasteiger partial charge in [0, 0.05) is 51.9 Å². The van der Waals surface area contributed by atoms with E-state index in [-0.39, 0.29) is 23.9 Å². The van der Waals surface area contributed by atoms with Crippen LogP contribution < -0.4 is 10.6 Å². The van der Waals surface area contributed by atoms with Crippen LogP contribution in [0.4, 0.5) is 4.79 Å². The van der Waals surface area contributed by atoms with Crippen molar-refractivity contribution < 1.29 is 19.1 Å². The molecule has 3 rings (SSSR count). The molecule has 3 saturated heterocycles. The lowest BCUT2D eigenvalue weighted by Crippen LogP contribution is -2.57. The molecule has 9 nitrogen and oxygen atoms in total. The Balaban J connectivity index is 1.61. The third-order valence-electron chi connectivity index (χ3n) is 6.14. The van der Waals surface area contributed by atoms with E-state index < -0.39 is 5.60 Å². The predicted octanol–water partition coefficient (Wildman–Crippen LogP) is 0.256. The second-order valence-electron chi connectivity index (χ2n) is 9.48. The van der Waals surface area contributed by atoms with E-state index in [1.165, 1.54) is 0 Å². The third-order valence-corrected chi connectivity index (χ3v) is 6.14. The largest absolute Gasteiger partial charge is 0.444 e. The first-order valence-electron chi connectivity index (χ1n) is 11.2. The number of amides is 3. The van der Waals surface area contributed by atoms with Crippen molar-refractivity contribution in [2.24, 2.45) is 5.92 Å². The van der Waals surface area contributed by atoms with E-state index in [1.807, 2.05) is 30.6 Å². The van der Waals surface area contributed by atoms with Gasteiger partial charge in [-0.3, -0.25) is 9.59 Å². The molecule has 0 aromatic carbocycles. The van der Waals surface area contributed by atoms with Crippen molar-refractivity contribution in [3.05, 3.63) is 0 Å². The highest BCUT2D eigenvalue weighted by atomic mass is 16.6. The van der Waals surface area contributed by atoms with Gasteiger partial charge >= 0.3 is 6.09 Å². The SMILES string of the molecule is CC(C)(C)OC(=O)N1CCC(C(CCN2CCNCC2=O)N2CCNCC2=O)CC1. The summed E-state index contributed by atoms with van der Waals surface area (Å²) in [5.41, 5.74) is -0.500. The molecule has 0 aromatic heterocycles. The maximum absolute atomic E-state index is 12.6. The summed E-state index contributed by atoms with van der Waals surface area (Å²) >= 11 is 0. The van der Waals surface area contributed by atoms with Gasteiger partial charge in [-0.2, -0.15) is 0 Å². The lowest BCUT2D eigenvalue weighted by Gasteiger charge is -2.43. The predicted molar refractivity (Wildman–Crippen MR) is 113 cm³/mol. The van der Waals surface area contributed by atoms with Crippen LogP contribution >= 0.6 is 0 Å². The molecular weight excluding hydrogens is 386 g/mol. The van der Waals surface area contributed by atoms with Crippen LogP contribution in [0, 0.1) is 5.92 Å². The van der Waals surface area contributed by atoms with Crippen LogP contribution in [-0.2, 0) is 14.3 Å². The molecule has 3 heterocycles. The summed E-state index contributed by atoms with van der Waals surface area (Å²) in [4.78, 5) is 42.9. The highest BCUT2D eigenvalue weighted by Gasteiger charge is 2.36. The average molecular weight is 424 g/mol. The lowest BCUT2D eigenvalue weighted by molar-refractivity contribution is -0.137. The van der Waals surface area contributed by atoms with Gasteiger partial charge in [-0.15, -0.1) is 0 Å². The fraction of sp³-hybridized carbons (Fsp3) is 0.857. The molecule has 3 aliphatic heterocycles. The number of carbonyl (C=O) groups is 3. The second-order valence-corrected chi connectivity index (χ2v) is 9.48. The second kappa shape index (κ2) is 9.96. The van der Waals surface area contributed by atoms with Gasteiger partial charge in [-0.05, 0) is 46.0 Å². The number of hydrogen-bond donors (Lipinski definition) is 2. The topological polar surface area (TPSA) is 94.2 Å². The Hall–Kier alpha value is -1.87. The molecule has 3 amide bonds. The Labute approximate surface area is 179 Å². The molecule has 3 aliphatic rings. The normalized spacial score (nSPS) is 23.0. The molecule has 0 aromatic rings. The van der Waals surface area contributed by atoms with Crippen molar-refractivity contribution in [2.45, 2.75) is 51.7 Å². The maximum Gasteiger partial charge on any atom is 0.410 e. The van der Waals surface area contributed by atoms with E-state index in [0.717, 1.165) is 38.9 Å². The summed E-state index contributed by atoms with van der Waals surface area (Å²) in [6.45, 7) is 11.4. The van der Waals surface area contributed by atoms with Crippen LogP contribution in [0.3, 0.4) is 0 Å². The highest BCUT2D eigenvalue weighted by Crippen LogP contribution is 2.28. The summed E-state index contributed by atoms with van der Waals surface area (Å²) in [7, 11) is 0. The molecule has 0 saturated carbocycles. The molecule has 0 radical (unpaired) electrons. The molecule has 1 atom stereocenters. The van der Waals surface area contributed by atoms with E-state index in [9.17, 15) is 14.4 Å². The number of likely N-dealkylation sites (tertiary alicyclic amines) is 1. The third kappa shape index (κ3) is 6.07. The molecule has 0 bridgehead atoms. The first kappa shape index (κ1) is 22.8. The first-order valence-corrected chi connectivity index (χ1v) is 11.2. The van der Waals surface area contributed by atoms with Crippen LogP contribution in [0.15, 0.2) is 0 Å². The lowest BCUT2D eigenvalue weighted by atomic mass is 9.86. The van der Waals surface area contributed by atoms with Crippen molar-refractivity contribution >= 4 is 17.9 Å². The van der Waals surface area contributed by atoms with Gasteiger partial charge in [0.2, 0.25) is 11.8 Å². The average Bonchev–Trinajstić information content (AvgIpc) is 2.70. The zero-order valence-corrected chi connectivity index (χ0v) is 18.6. The first-order chi connectivity index (χ1) is 14.2. The van der Waals surface area contributed by atoms with Gasteiger partial charge < -0.3 is 30.1 Å². The zero-order chi connectivity index (χ0) is 21.7. The number of nitrogens with zero attached hydrogens (tertiary/aromatic N) is 3. The smallest absolute Gasteiger partial charge is 0.410 e. The number of nitrogens with one attached hydrogen (secondary N) is 2. The molecule has 30 heavy (non-hydrogen) atoms. The fourth-order valence-electron chi connectivity index (χ4n) is 4.58. The van der Waals surface area contributed by atoms with Crippen LogP contribution in [0.25, 0.3) is 0 Å². The van der Waals surface area contributed by atoms with Crippen molar-refractivity contribution in [1.82, 2.24) is 25.3 Å². The quantitative estimate of drug-likeness (QED) is 0.659. The minimum absolute atomic E-state index is 0.100. The Bertz CT molecular complexity index is 627. The van der Waals surface area contributed by atoms with Gasteiger partial charge in [0.15, 0.2) is 0 Å². The maximum atomic E-state index is 12.6.